The number of fused-ring (bicyclic) bond motifs is 1. The van der Waals surface area contributed by atoms with Gasteiger partial charge in [-0.1, -0.05) is 12.1 Å². The number of rotatable bonds is 4. The van der Waals surface area contributed by atoms with Gasteiger partial charge >= 0.3 is 0 Å². The largest absolute Gasteiger partial charge is 0.486 e. The molecule has 0 bridgehead atoms. The molecule has 0 radical (unpaired) electrons. The molecule has 2 aromatic rings. The molecule has 4 nitrogen and oxygen atoms in total. The summed E-state index contributed by atoms with van der Waals surface area (Å²) in [7, 11) is 0. The highest BCUT2D eigenvalue weighted by atomic mass is 32.1. The van der Waals surface area contributed by atoms with E-state index in [0.29, 0.717) is 13.2 Å². The highest BCUT2D eigenvalue weighted by Crippen LogP contribution is 2.33. The zero-order valence-corrected chi connectivity index (χ0v) is 11.6. The summed E-state index contributed by atoms with van der Waals surface area (Å²) < 4.78 is 11.3. The minimum absolute atomic E-state index is 0.620. The molecule has 0 saturated carbocycles. The van der Waals surface area contributed by atoms with Gasteiger partial charge in [0.25, 0.3) is 0 Å². The Morgan fingerprint density at radius 1 is 1.26 bits per heavy atom. The summed E-state index contributed by atoms with van der Waals surface area (Å²) in [4.78, 5) is 4.43. The summed E-state index contributed by atoms with van der Waals surface area (Å²) in [6, 6.07) is 6.01. The van der Waals surface area contributed by atoms with Crippen LogP contribution in [0.15, 0.2) is 23.6 Å². The van der Waals surface area contributed by atoms with Gasteiger partial charge in [-0.25, -0.2) is 4.98 Å². The standard InChI is InChI=1S/C14H16N2O2S/c1-10-16-12(9-19-10)8-15-7-11-3-2-4-13-14(11)18-6-5-17-13/h2-4,9,15H,5-8H2,1H3. The van der Waals surface area contributed by atoms with Gasteiger partial charge in [0, 0.05) is 24.0 Å². The van der Waals surface area contributed by atoms with Crippen LogP contribution in [0.25, 0.3) is 0 Å². The van der Waals surface area contributed by atoms with Gasteiger partial charge in [-0.3, -0.25) is 0 Å². The van der Waals surface area contributed by atoms with Crippen LogP contribution in [0.2, 0.25) is 0 Å². The van der Waals surface area contributed by atoms with Crippen molar-refractivity contribution in [3.8, 4) is 11.5 Å². The Bertz CT molecular complexity index is 568. The van der Waals surface area contributed by atoms with Gasteiger partial charge in [0.1, 0.15) is 13.2 Å². The lowest BCUT2D eigenvalue weighted by Gasteiger charge is -2.21. The van der Waals surface area contributed by atoms with Crippen LogP contribution < -0.4 is 14.8 Å². The molecular weight excluding hydrogens is 260 g/mol. The van der Waals surface area contributed by atoms with Gasteiger partial charge in [0.05, 0.1) is 10.7 Å². The second kappa shape index (κ2) is 5.59. The molecule has 1 aliphatic heterocycles. The predicted octanol–water partition coefficient (Wildman–Crippen LogP) is 2.51. The van der Waals surface area contributed by atoms with Crippen molar-refractivity contribution in [1.82, 2.24) is 10.3 Å². The van der Waals surface area contributed by atoms with E-state index < -0.39 is 0 Å². The Kier molecular flexibility index (Phi) is 3.66. The fourth-order valence-corrected chi connectivity index (χ4v) is 2.70. The van der Waals surface area contributed by atoms with E-state index in [-0.39, 0.29) is 0 Å². The number of hydrogen-bond donors (Lipinski definition) is 1. The van der Waals surface area contributed by atoms with E-state index in [4.69, 9.17) is 9.47 Å². The molecule has 0 aliphatic carbocycles. The number of para-hydroxylation sites is 1. The Morgan fingerprint density at radius 2 is 2.16 bits per heavy atom. The molecule has 0 saturated heterocycles. The highest BCUT2D eigenvalue weighted by Gasteiger charge is 2.14. The number of ether oxygens (including phenoxy) is 2. The highest BCUT2D eigenvalue weighted by molar-refractivity contribution is 7.09. The van der Waals surface area contributed by atoms with Crippen molar-refractivity contribution in [3.63, 3.8) is 0 Å². The van der Waals surface area contributed by atoms with Crippen molar-refractivity contribution >= 4 is 11.3 Å². The third-order valence-electron chi connectivity index (χ3n) is 2.94. The molecule has 100 valence electrons. The first-order valence-electron chi connectivity index (χ1n) is 6.32. The van der Waals surface area contributed by atoms with Gasteiger partial charge in [-0.15, -0.1) is 11.3 Å². The fraction of sp³-hybridized carbons (Fsp3) is 0.357. The first kappa shape index (κ1) is 12.4. The Balaban J connectivity index is 1.64. The first-order valence-corrected chi connectivity index (χ1v) is 7.20. The second-order valence-corrected chi connectivity index (χ2v) is 5.46. The maximum atomic E-state index is 5.68. The average Bonchev–Trinajstić information content (AvgIpc) is 2.85. The van der Waals surface area contributed by atoms with Crippen LogP contribution in [0.3, 0.4) is 0 Å². The van der Waals surface area contributed by atoms with E-state index in [1.165, 1.54) is 0 Å². The maximum Gasteiger partial charge on any atom is 0.165 e. The van der Waals surface area contributed by atoms with E-state index in [0.717, 1.165) is 40.9 Å². The lowest BCUT2D eigenvalue weighted by molar-refractivity contribution is 0.169. The molecule has 0 amide bonds. The number of aryl methyl sites for hydroxylation is 1. The van der Waals surface area contributed by atoms with Crippen molar-refractivity contribution in [2.75, 3.05) is 13.2 Å². The maximum absolute atomic E-state index is 5.68. The average molecular weight is 276 g/mol. The zero-order valence-electron chi connectivity index (χ0n) is 10.8. The van der Waals surface area contributed by atoms with Crippen LogP contribution in [-0.2, 0) is 13.1 Å². The smallest absolute Gasteiger partial charge is 0.165 e. The molecule has 0 spiro atoms. The minimum Gasteiger partial charge on any atom is -0.486 e. The first-order chi connectivity index (χ1) is 9.33. The monoisotopic (exact) mass is 276 g/mol. The number of nitrogens with zero attached hydrogens (tertiary/aromatic N) is 1. The van der Waals surface area contributed by atoms with Crippen LogP contribution in [0.5, 0.6) is 11.5 Å². The number of hydrogen-bond acceptors (Lipinski definition) is 5. The molecule has 1 N–H and O–H groups in total. The van der Waals surface area contributed by atoms with E-state index >= 15 is 0 Å². The lowest BCUT2D eigenvalue weighted by Crippen LogP contribution is -2.19. The topological polar surface area (TPSA) is 43.4 Å². The summed E-state index contributed by atoms with van der Waals surface area (Å²) in [6.07, 6.45) is 0. The molecule has 3 rings (SSSR count). The number of aromatic nitrogens is 1. The van der Waals surface area contributed by atoms with Crippen LogP contribution >= 0.6 is 11.3 Å². The Morgan fingerprint density at radius 3 is 3.00 bits per heavy atom. The molecule has 2 heterocycles. The van der Waals surface area contributed by atoms with Crippen molar-refractivity contribution in [3.05, 3.63) is 39.8 Å². The lowest BCUT2D eigenvalue weighted by atomic mass is 10.1. The number of nitrogens with one attached hydrogen (secondary N) is 1. The fourth-order valence-electron chi connectivity index (χ4n) is 2.09. The molecule has 1 aliphatic rings. The van der Waals surface area contributed by atoms with E-state index in [2.05, 4.69) is 21.7 Å². The minimum atomic E-state index is 0.620. The molecule has 0 unspecified atom stereocenters. The van der Waals surface area contributed by atoms with Gasteiger partial charge < -0.3 is 14.8 Å². The van der Waals surface area contributed by atoms with Crippen molar-refractivity contribution in [1.29, 1.82) is 0 Å². The number of thiazole rings is 1. The third kappa shape index (κ3) is 2.88. The van der Waals surface area contributed by atoms with Crippen LogP contribution in [0.1, 0.15) is 16.3 Å². The van der Waals surface area contributed by atoms with Crippen molar-refractivity contribution in [2.45, 2.75) is 20.0 Å². The molecule has 5 heteroatoms. The molecule has 0 atom stereocenters. The SMILES string of the molecule is Cc1nc(CNCc2cccc3c2OCCO3)cs1. The Labute approximate surface area is 116 Å². The normalized spacial score (nSPS) is 13.5. The van der Waals surface area contributed by atoms with Gasteiger partial charge in [-0.05, 0) is 13.0 Å². The number of benzene rings is 1. The van der Waals surface area contributed by atoms with Gasteiger partial charge in [0.2, 0.25) is 0 Å². The van der Waals surface area contributed by atoms with E-state index in [1.807, 2.05) is 19.1 Å². The molecule has 19 heavy (non-hydrogen) atoms. The molecule has 0 fully saturated rings. The van der Waals surface area contributed by atoms with Crippen LogP contribution in [-0.4, -0.2) is 18.2 Å². The molecule has 1 aromatic carbocycles. The van der Waals surface area contributed by atoms with Crippen LogP contribution in [0, 0.1) is 6.92 Å². The summed E-state index contributed by atoms with van der Waals surface area (Å²) in [6.45, 7) is 4.79. The van der Waals surface area contributed by atoms with Crippen LogP contribution in [0.4, 0.5) is 0 Å². The summed E-state index contributed by atoms with van der Waals surface area (Å²) >= 11 is 1.68. The van der Waals surface area contributed by atoms with Gasteiger partial charge in [0.15, 0.2) is 11.5 Å². The van der Waals surface area contributed by atoms with Crippen molar-refractivity contribution < 1.29 is 9.47 Å². The predicted molar refractivity (Wildman–Crippen MR) is 74.8 cm³/mol. The molecule has 1 aromatic heterocycles. The zero-order chi connectivity index (χ0) is 13.1. The third-order valence-corrected chi connectivity index (χ3v) is 3.76. The summed E-state index contributed by atoms with van der Waals surface area (Å²) in [5.41, 5.74) is 2.22. The summed E-state index contributed by atoms with van der Waals surface area (Å²) in [5.74, 6) is 1.71. The Hall–Kier alpha value is -1.59. The van der Waals surface area contributed by atoms with E-state index in [9.17, 15) is 0 Å². The second-order valence-electron chi connectivity index (χ2n) is 4.40. The van der Waals surface area contributed by atoms with E-state index in [1.54, 1.807) is 11.3 Å². The van der Waals surface area contributed by atoms with Gasteiger partial charge in [-0.2, -0.15) is 0 Å². The molecular formula is C14H16N2O2S. The quantitative estimate of drug-likeness (QED) is 0.932. The summed E-state index contributed by atoms with van der Waals surface area (Å²) in [5, 5.41) is 6.58. The van der Waals surface area contributed by atoms with Crippen molar-refractivity contribution in [2.24, 2.45) is 0 Å².